The second-order valence-corrected chi connectivity index (χ2v) is 7.79. The van der Waals surface area contributed by atoms with Crippen LogP contribution >= 0.6 is 0 Å². The number of urea groups is 1. The lowest BCUT2D eigenvalue weighted by molar-refractivity contribution is 0.172. The number of hydrogen-bond donors (Lipinski definition) is 1. The van der Waals surface area contributed by atoms with Crippen molar-refractivity contribution in [3.63, 3.8) is 0 Å². The smallest absolute Gasteiger partial charge is 0.317 e. The van der Waals surface area contributed by atoms with E-state index < -0.39 is 10.0 Å². The van der Waals surface area contributed by atoms with E-state index in [0.717, 1.165) is 12.0 Å². The molecule has 23 heavy (non-hydrogen) atoms. The van der Waals surface area contributed by atoms with Crippen LogP contribution in [0.5, 0.6) is 0 Å². The number of amides is 2. The van der Waals surface area contributed by atoms with Gasteiger partial charge in [0.2, 0.25) is 10.0 Å². The first kappa shape index (κ1) is 17.7. The Labute approximate surface area is 138 Å². The van der Waals surface area contributed by atoms with Gasteiger partial charge in [-0.25, -0.2) is 13.2 Å². The van der Waals surface area contributed by atoms with Crippen LogP contribution < -0.4 is 5.32 Å². The molecule has 1 aliphatic rings. The number of unbranched alkanes of at least 4 members (excludes halogenated alkanes) is 1. The molecule has 6 nitrogen and oxygen atoms in total. The van der Waals surface area contributed by atoms with Crippen LogP contribution in [0.2, 0.25) is 0 Å². The lowest BCUT2D eigenvalue weighted by Crippen LogP contribution is -2.53. The molecule has 1 aromatic rings. The van der Waals surface area contributed by atoms with E-state index in [4.69, 9.17) is 0 Å². The molecular weight excluding hydrogens is 314 g/mol. The average molecular weight is 339 g/mol. The quantitative estimate of drug-likeness (QED) is 0.857. The third-order valence-corrected chi connectivity index (χ3v) is 5.92. The summed E-state index contributed by atoms with van der Waals surface area (Å²) in [5, 5.41) is 2.88. The van der Waals surface area contributed by atoms with Crippen molar-refractivity contribution in [2.75, 3.05) is 31.9 Å². The highest BCUT2D eigenvalue weighted by atomic mass is 32.2. The van der Waals surface area contributed by atoms with Crippen molar-refractivity contribution in [2.45, 2.75) is 26.3 Å². The first-order valence-corrected chi connectivity index (χ1v) is 9.68. The number of nitrogens with zero attached hydrogens (tertiary/aromatic N) is 2. The zero-order valence-corrected chi connectivity index (χ0v) is 14.4. The summed E-state index contributed by atoms with van der Waals surface area (Å²) in [4.78, 5) is 13.8. The van der Waals surface area contributed by atoms with Gasteiger partial charge in [0.1, 0.15) is 0 Å². The van der Waals surface area contributed by atoms with Crippen LogP contribution in [0, 0.1) is 0 Å². The van der Waals surface area contributed by atoms with Gasteiger partial charge in [0.15, 0.2) is 0 Å². The summed E-state index contributed by atoms with van der Waals surface area (Å²) >= 11 is 0. The summed E-state index contributed by atoms with van der Waals surface area (Å²) < 4.78 is 25.8. The van der Waals surface area contributed by atoms with Crippen molar-refractivity contribution in [1.29, 1.82) is 0 Å². The molecule has 7 heteroatoms. The van der Waals surface area contributed by atoms with Crippen LogP contribution in [0.1, 0.15) is 25.3 Å². The number of hydrogen-bond acceptors (Lipinski definition) is 3. The predicted octanol–water partition coefficient (Wildman–Crippen LogP) is 1.64. The fraction of sp³-hybridized carbons (Fsp3) is 0.562. The van der Waals surface area contributed by atoms with Gasteiger partial charge in [-0.15, -0.1) is 0 Å². The largest absolute Gasteiger partial charge is 0.334 e. The molecule has 2 amide bonds. The molecule has 0 bridgehead atoms. The first-order valence-electron chi connectivity index (χ1n) is 8.07. The molecule has 0 aromatic heterocycles. The maximum Gasteiger partial charge on any atom is 0.317 e. The highest BCUT2D eigenvalue weighted by molar-refractivity contribution is 7.89. The van der Waals surface area contributed by atoms with Crippen LogP contribution in [0.3, 0.4) is 0 Å². The number of carbonyl (C=O) groups excluding carboxylic acids is 1. The van der Waals surface area contributed by atoms with Crippen LogP contribution in [0.4, 0.5) is 4.79 Å². The SMILES string of the molecule is CCCCS(=O)(=O)N1CCN(C(=O)NCc2ccccc2)CC1. The fourth-order valence-corrected chi connectivity index (χ4v) is 4.14. The molecular formula is C16H25N3O3S. The number of carbonyl (C=O) groups is 1. The first-order chi connectivity index (χ1) is 11.0. The summed E-state index contributed by atoms with van der Waals surface area (Å²) in [5.41, 5.74) is 1.04. The Morgan fingerprint density at radius 1 is 1.13 bits per heavy atom. The third-order valence-electron chi connectivity index (χ3n) is 3.96. The zero-order chi connectivity index (χ0) is 16.7. The van der Waals surface area contributed by atoms with Crippen molar-refractivity contribution in [3.05, 3.63) is 35.9 Å². The maximum atomic E-state index is 12.1. The Morgan fingerprint density at radius 3 is 2.39 bits per heavy atom. The van der Waals surface area contributed by atoms with E-state index in [0.29, 0.717) is 39.1 Å². The highest BCUT2D eigenvalue weighted by Crippen LogP contribution is 2.10. The van der Waals surface area contributed by atoms with Crippen molar-refractivity contribution in [3.8, 4) is 0 Å². The summed E-state index contributed by atoms with van der Waals surface area (Å²) in [7, 11) is -3.17. The molecule has 1 heterocycles. The number of nitrogens with one attached hydrogen (secondary N) is 1. The predicted molar refractivity (Wildman–Crippen MR) is 90.5 cm³/mol. The topological polar surface area (TPSA) is 69.7 Å². The lowest BCUT2D eigenvalue weighted by atomic mass is 10.2. The molecule has 0 aliphatic carbocycles. The molecule has 0 atom stereocenters. The van der Waals surface area contributed by atoms with Crippen LogP contribution in [-0.2, 0) is 16.6 Å². The molecule has 1 fully saturated rings. The van der Waals surface area contributed by atoms with Gasteiger partial charge in [-0.2, -0.15) is 4.31 Å². The monoisotopic (exact) mass is 339 g/mol. The number of rotatable bonds is 6. The minimum atomic E-state index is -3.17. The summed E-state index contributed by atoms with van der Waals surface area (Å²) in [5.74, 6) is 0.198. The molecule has 2 rings (SSSR count). The Balaban J connectivity index is 1.78. The molecule has 0 radical (unpaired) electrons. The summed E-state index contributed by atoms with van der Waals surface area (Å²) in [6.07, 6.45) is 1.54. The third kappa shape index (κ3) is 5.21. The molecule has 0 unspecified atom stereocenters. The zero-order valence-electron chi connectivity index (χ0n) is 13.6. The second kappa shape index (κ2) is 8.31. The molecule has 1 aliphatic heterocycles. The van der Waals surface area contributed by atoms with Crippen LogP contribution in [0.15, 0.2) is 30.3 Å². The Kier molecular flexibility index (Phi) is 6.41. The number of piperazine rings is 1. The van der Waals surface area contributed by atoms with Gasteiger partial charge in [-0.05, 0) is 12.0 Å². The Bertz CT molecular complexity index is 596. The van der Waals surface area contributed by atoms with Crippen molar-refractivity contribution >= 4 is 16.1 Å². The van der Waals surface area contributed by atoms with Crippen molar-refractivity contribution in [2.24, 2.45) is 0 Å². The highest BCUT2D eigenvalue weighted by Gasteiger charge is 2.28. The van der Waals surface area contributed by atoms with Crippen LogP contribution in [0.25, 0.3) is 0 Å². The number of benzene rings is 1. The minimum absolute atomic E-state index is 0.139. The second-order valence-electron chi connectivity index (χ2n) is 5.70. The lowest BCUT2D eigenvalue weighted by Gasteiger charge is -2.34. The molecule has 1 saturated heterocycles. The Hall–Kier alpha value is -1.60. The Morgan fingerprint density at radius 2 is 1.78 bits per heavy atom. The minimum Gasteiger partial charge on any atom is -0.334 e. The molecule has 128 valence electrons. The van der Waals surface area contributed by atoms with E-state index in [2.05, 4.69) is 5.32 Å². The van der Waals surface area contributed by atoms with Crippen LogP contribution in [-0.4, -0.2) is 55.6 Å². The molecule has 0 spiro atoms. The van der Waals surface area contributed by atoms with Gasteiger partial charge in [0.25, 0.3) is 0 Å². The van der Waals surface area contributed by atoms with E-state index >= 15 is 0 Å². The van der Waals surface area contributed by atoms with E-state index in [-0.39, 0.29) is 11.8 Å². The number of sulfonamides is 1. The summed E-state index contributed by atoms with van der Waals surface area (Å²) in [6.45, 7) is 4.09. The normalized spacial score (nSPS) is 16.3. The average Bonchev–Trinajstić information content (AvgIpc) is 2.59. The summed E-state index contributed by atoms with van der Waals surface area (Å²) in [6, 6.07) is 9.57. The van der Waals surface area contributed by atoms with E-state index in [1.165, 1.54) is 4.31 Å². The molecule has 0 saturated carbocycles. The maximum absolute atomic E-state index is 12.1. The van der Waals surface area contributed by atoms with Gasteiger partial charge >= 0.3 is 6.03 Å². The van der Waals surface area contributed by atoms with Gasteiger partial charge in [-0.3, -0.25) is 0 Å². The van der Waals surface area contributed by atoms with Crippen molar-refractivity contribution in [1.82, 2.24) is 14.5 Å². The standard InChI is InChI=1S/C16H25N3O3S/c1-2-3-13-23(21,22)19-11-9-18(10-12-19)16(20)17-14-15-7-5-4-6-8-15/h4-8H,2-3,9-14H2,1H3,(H,17,20). The van der Waals surface area contributed by atoms with Crippen molar-refractivity contribution < 1.29 is 13.2 Å². The van der Waals surface area contributed by atoms with E-state index in [1.54, 1.807) is 4.90 Å². The van der Waals surface area contributed by atoms with E-state index in [1.807, 2.05) is 37.3 Å². The van der Waals surface area contributed by atoms with Gasteiger partial charge < -0.3 is 10.2 Å². The molecule has 1 N–H and O–H groups in total. The van der Waals surface area contributed by atoms with Gasteiger partial charge in [-0.1, -0.05) is 43.7 Å². The molecule has 1 aromatic carbocycles. The van der Waals surface area contributed by atoms with Gasteiger partial charge in [0.05, 0.1) is 5.75 Å². The fourth-order valence-electron chi connectivity index (χ4n) is 2.51. The van der Waals surface area contributed by atoms with E-state index in [9.17, 15) is 13.2 Å². The van der Waals surface area contributed by atoms with Gasteiger partial charge in [0, 0.05) is 32.7 Å².